The van der Waals surface area contributed by atoms with Gasteiger partial charge in [0, 0.05) is 25.0 Å². The highest BCUT2D eigenvalue weighted by Gasteiger charge is 2.41. The van der Waals surface area contributed by atoms with E-state index in [4.69, 9.17) is 0 Å². The van der Waals surface area contributed by atoms with Gasteiger partial charge in [-0.3, -0.25) is 10.2 Å². The molecule has 1 aromatic carbocycles. The third kappa shape index (κ3) is 2.69. The van der Waals surface area contributed by atoms with Crippen molar-refractivity contribution in [3.63, 3.8) is 0 Å². The van der Waals surface area contributed by atoms with E-state index in [1.54, 1.807) is 11.3 Å². The lowest BCUT2D eigenvalue weighted by Crippen LogP contribution is -2.47. The maximum atomic E-state index is 12.8. The van der Waals surface area contributed by atoms with Crippen LogP contribution in [0.15, 0.2) is 41.8 Å². The molecule has 3 atom stereocenters. The number of piperidine rings is 1. The molecule has 5 heteroatoms. The van der Waals surface area contributed by atoms with Crippen LogP contribution in [0, 0.1) is 12.8 Å². The van der Waals surface area contributed by atoms with Crippen molar-refractivity contribution in [3.05, 3.63) is 57.8 Å². The van der Waals surface area contributed by atoms with Crippen molar-refractivity contribution in [1.29, 1.82) is 0 Å². The van der Waals surface area contributed by atoms with Crippen molar-refractivity contribution in [1.82, 2.24) is 15.8 Å². The minimum Gasteiger partial charge on any atom is -0.337 e. The predicted molar refractivity (Wildman–Crippen MR) is 92.3 cm³/mol. The second kappa shape index (κ2) is 6.07. The molecule has 4 rings (SSSR count). The molecule has 2 aromatic rings. The Morgan fingerprint density at radius 1 is 1.22 bits per heavy atom. The molecule has 2 fully saturated rings. The summed E-state index contributed by atoms with van der Waals surface area (Å²) in [6.07, 6.45) is 0.997. The lowest BCUT2D eigenvalue weighted by atomic mass is 9.85. The van der Waals surface area contributed by atoms with Crippen molar-refractivity contribution in [2.45, 2.75) is 25.4 Å². The fraction of sp³-hybridized carbons (Fsp3) is 0.389. The molecule has 0 aliphatic carbocycles. The van der Waals surface area contributed by atoms with Gasteiger partial charge in [-0.1, -0.05) is 30.3 Å². The van der Waals surface area contributed by atoms with E-state index in [0.29, 0.717) is 12.0 Å². The van der Waals surface area contributed by atoms with Gasteiger partial charge in [0.15, 0.2) is 0 Å². The minimum atomic E-state index is 0.190. The number of thiophene rings is 1. The van der Waals surface area contributed by atoms with E-state index in [0.717, 1.165) is 30.0 Å². The van der Waals surface area contributed by atoms with Gasteiger partial charge in [-0.25, -0.2) is 5.43 Å². The van der Waals surface area contributed by atoms with Crippen LogP contribution in [0.3, 0.4) is 0 Å². The molecular formula is C18H21N3OS. The average molecular weight is 327 g/mol. The van der Waals surface area contributed by atoms with Crippen LogP contribution in [0.4, 0.5) is 0 Å². The number of benzene rings is 1. The van der Waals surface area contributed by atoms with E-state index in [9.17, 15) is 4.79 Å². The summed E-state index contributed by atoms with van der Waals surface area (Å²) in [6.45, 7) is 3.65. The van der Waals surface area contributed by atoms with Crippen LogP contribution in [0.5, 0.6) is 0 Å². The number of aryl methyl sites for hydroxylation is 1. The Bertz CT molecular complexity index is 699. The number of fused-ring (bicyclic) bond motifs is 1. The van der Waals surface area contributed by atoms with Crippen molar-refractivity contribution < 1.29 is 4.79 Å². The number of nitrogens with one attached hydrogen (secondary N) is 2. The number of hydrogen-bond donors (Lipinski definition) is 2. The number of hydrogen-bond acceptors (Lipinski definition) is 4. The molecule has 0 radical (unpaired) electrons. The van der Waals surface area contributed by atoms with Gasteiger partial charge in [0.05, 0.1) is 10.9 Å². The van der Waals surface area contributed by atoms with E-state index < -0.39 is 0 Å². The summed E-state index contributed by atoms with van der Waals surface area (Å²) in [5.41, 5.74) is 9.24. The largest absolute Gasteiger partial charge is 0.337 e. The monoisotopic (exact) mass is 327 g/mol. The zero-order valence-electron chi connectivity index (χ0n) is 13.2. The SMILES string of the molecule is Cc1ccsc1C(=O)N1CCC2NNC(c3ccccc3)C2C1. The van der Waals surface area contributed by atoms with Gasteiger partial charge in [-0.2, -0.15) is 0 Å². The second-order valence-electron chi connectivity index (χ2n) is 6.42. The number of carbonyl (C=O) groups is 1. The summed E-state index contributed by atoms with van der Waals surface area (Å²) in [5, 5.41) is 2.00. The smallest absolute Gasteiger partial charge is 0.264 e. The van der Waals surface area contributed by atoms with E-state index in [1.165, 1.54) is 5.56 Å². The normalized spacial score (nSPS) is 27.0. The molecule has 23 heavy (non-hydrogen) atoms. The van der Waals surface area contributed by atoms with Crippen molar-refractivity contribution >= 4 is 17.2 Å². The zero-order chi connectivity index (χ0) is 15.8. The van der Waals surface area contributed by atoms with Gasteiger partial charge < -0.3 is 4.90 Å². The number of carbonyl (C=O) groups excluding carboxylic acids is 1. The maximum Gasteiger partial charge on any atom is 0.264 e. The van der Waals surface area contributed by atoms with Crippen LogP contribution in [0.2, 0.25) is 0 Å². The van der Waals surface area contributed by atoms with Gasteiger partial charge in [0.2, 0.25) is 0 Å². The summed E-state index contributed by atoms with van der Waals surface area (Å²) in [4.78, 5) is 15.7. The topological polar surface area (TPSA) is 44.4 Å². The fourth-order valence-corrected chi connectivity index (χ4v) is 4.61. The number of likely N-dealkylation sites (tertiary alicyclic amines) is 1. The van der Waals surface area contributed by atoms with Crippen LogP contribution in [-0.4, -0.2) is 29.9 Å². The Balaban J connectivity index is 1.54. The van der Waals surface area contributed by atoms with Gasteiger partial charge in [-0.05, 0) is 35.9 Å². The van der Waals surface area contributed by atoms with Gasteiger partial charge in [0.25, 0.3) is 5.91 Å². The number of rotatable bonds is 2. The summed E-state index contributed by atoms with van der Waals surface area (Å²) in [6, 6.07) is 13.2. The van der Waals surface area contributed by atoms with Crippen LogP contribution >= 0.6 is 11.3 Å². The molecular weight excluding hydrogens is 306 g/mol. The van der Waals surface area contributed by atoms with Crippen molar-refractivity contribution in [2.75, 3.05) is 13.1 Å². The summed E-state index contributed by atoms with van der Waals surface area (Å²) < 4.78 is 0. The minimum absolute atomic E-state index is 0.190. The second-order valence-corrected chi connectivity index (χ2v) is 7.34. The van der Waals surface area contributed by atoms with E-state index in [-0.39, 0.29) is 11.9 Å². The molecule has 3 unspecified atom stereocenters. The molecule has 2 saturated heterocycles. The molecule has 3 heterocycles. The Morgan fingerprint density at radius 2 is 2.04 bits per heavy atom. The molecule has 2 aliphatic rings. The van der Waals surface area contributed by atoms with Gasteiger partial charge in [0.1, 0.15) is 0 Å². The lowest BCUT2D eigenvalue weighted by molar-refractivity contribution is 0.0657. The molecule has 0 spiro atoms. The summed E-state index contributed by atoms with van der Waals surface area (Å²) >= 11 is 1.55. The number of hydrazine groups is 1. The Morgan fingerprint density at radius 3 is 2.78 bits per heavy atom. The summed E-state index contributed by atoms with van der Waals surface area (Å²) in [5.74, 6) is 0.602. The van der Waals surface area contributed by atoms with Crippen LogP contribution in [-0.2, 0) is 0 Å². The molecule has 1 aromatic heterocycles. The Kier molecular flexibility index (Phi) is 3.93. The maximum absolute atomic E-state index is 12.8. The first kappa shape index (κ1) is 14.9. The first-order chi connectivity index (χ1) is 11.2. The third-order valence-electron chi connectivity index (χ3n) is 5.01. The standard InChI is InChI=1S/C18H21N3OS/c1-12-8-10-23-17(12)18(22)21-9-7-15-14(11-21)16(20-19-15)13-5-3-2-4-6-13/h2-6,8,10,14-16,19-20H,7,9,11H2,1H3. The highest BCUT2D eigenvalue weighted by Crippen LogP contribution is 2.34. The molecule has 2 N–H and O–H groups in total. The van der Waals surface area contributed by atoms with Crippen molar-refractivity contribution in [2.24, 2.45) is 5.92 Å². The fourth-order valence-electron chi connectivity index (χ4n) is 3.71. The molecule has 0 bridgehead atoms. The van der Waals surface area contributed by atoms with E-state index >= 15 is 0 Å². The molecule has 2 aliphatic heterocycles. The van der Waals surface area contributed by atoms with Crippen LogP contribution in [0.25, 0.3) is 0 Å². The zero-order valence-corrected chi connectivity index (χ0v) is 14.0. The van der Waals surface area contributed by atoms with Crippen molar-refractivity contribution in [3.8, 4) is 0 Å². The van der Waals surface area contributed by atoms with E-state index in [1.807, 2.05) is 29.3 Å². The Labute approximate surface area is 140 Å². The lowest BCUT2D eigenvalue weighted by Gasteiger charge is -2.36. The highest BCUT2D eigenvalue weighted by molar-refractivity contribution is 7.12. The van der Waals surface area contributed by atoms with Crippen LogP contribution < -0.4 is 10.9 Å². The number of amides is 1. The predicted octanol–water partition coefficient (Wildman–Crippen LogP) is 2.74. The highest BCUT2D eigenvalue weighted by atomic mass is 32.1. The first-order valence-corrected chi connectivity index (χ1v) is 9.01. The molecule has 120 valence electrons. The van der Waals surface area contributed by atoms with Gasteiger partial charge in [-0.15, -0.1) is 11.3 Å². The Hall–Kier alpha value is -1.69. The van der Waals surface area contributed by atoms with Crippen LogP contribution in [0.1, 0.15) is 33.3 Å². The quantitative estimate of drug-likeness (QED) is 0.891. The van der Waals surface area contributed by atoms with Gasteiger partial charge >= 0.3 is 0 Å². The number of nitrogens with zero attached hydrogens (tertiary/aromatic N) is 1. The average Bonchev–Trinajstić information content (AvgIpc) is 3.20. The molecule has 4 nitrogen and oxygen atoms in total. The van der Waals surface area contributed by atoms with E-state index in [2.05, 4.69) is 35.1 Å². The first-order valence-electron chi connectivity index (χ1n) is 8.13. The third-order valence-corrected chi connectivity index (χ3v) is 6.02. The molecule has 1 amide bonds. The molecule has 0 saturated carbocycles. The summed E-state index contributed by atoms with van der Waals surface area (Å²) in [7, 11) is 0.